The summed E-state index contributed by atoms with van der Waals surface area (Å²) in [6.45, 7) is 1.67. The van der Waals surface area contributed by atoms with Gasteiger partial charge in [-0.1, -0.05) is 0 Å². The van der Waals surface area contributed by atoms with Gasteiger partial charge in [-0.25, -0.2) is 4.98 Å². The number of ether oxygens (including phenoxy) is 1. The van der Waals surface area contributed by atoms with Crippen LogP contribution < -0.4 is 5.32 Å². The van der Waals surface area contributed by atoms with Crippen LogP contribution in [0.15, 0.2) is 22.8 Å². The number of aromatic nitrogens is 1. The van der Waals surface area contributed by atoms with E-state index in [1.807, 2.05) is 6.07 Å². The molecular weight excluding hydrogens is 296 g/mol. The summed E-state index contributed by atoms with van der Waals surface area (Å²) in [5, 5.41) is 2.81. The van der Waals surface area contributed by atoms with Crippen LogP contribution in [0.3, 0.4) is 0 Å². The zero-order valence-electron chi connectivity index (χ0n) is 10.2. The van der Waals surface area contributed by atoms with Gasteiger partial charge in [0, 0.05) is 30.3 Å². The van der Waals surface area contributed by atoms with Gasteiger partial charge in [-0.2, -0.15) is 0 Å². The molecule has 1 saturated heterocycles. The molecule has 2 rings (SSSR count). The molecule has 18 heavy (non-hydrogen) atoms. The second-order valence-electron chi connectivity index (χ2n) is 4.50. The van der Waals surface area contributed by atoms with Crippen molar-refractivity contribution in [2.24, 2.45) is 5.92 Å². The Morgan fingerprint density at radius 1 is 1.44 bits per heavy atom. The summed E-state index contributed by atoms with van der Waals surface area (Å²) < 4.78 is 6.20. The summed E-state index contributed by atoms with van der Waals surface area (Å²) in [4.78, 5) is 15.9. The standard InChI is InChI=1S/C13H17BrN2O2/c14-11-2-3-12(15-9-11)16-13(17)4-1-10-5-7-18-8-6-10/h2-3,9-10H,1,4-8H2,(H,15,16,17). The van der Waals surface area contributed by atoms with Crippen molar-refractivity contribution in [2.75, 3.05) is 18.5 Å². The quantitative estimate of drug-likeness (QED) is 0.930. The predicted octanol–water partition coefficient (Wildman–Crippen LogP) is 2.99. The lowest BCUT2D eigenvalue weighted by atomic mass is 9.95. The molecule has 0 aliphatic carbocycles. The molecule has 1 aromatic rings. The van der Waals surface area contributed by atoms with Gasteiger partial charge < -0.3 is 10.1 Å². The van der Waals surface area contributed by atoms with Crippen LogP contribution in [0.2, 0.25) is 0 Å². The highest BCUT2D eigenvalue weighted by atomic mass is 79.9. The Hall–Kier alpha value is -0.940. The second-order valence-corrected chi connectivity index (χ2v) is 5.42. The number of halogens is 1. The third-order valence-corrected chi connectivity index (χ3v) is 3.58. The van der Waals surface area contributed by atoms with Crippen molar-refractivity contribution >= 4 is 27.7 Å². The van der Waals surface area contributed by atoms with Crippen LogP contribution in [0.25, 0.3) is 0 Å². The molecule has 2 heterocycles. The molecule has 0 unspecified atom stereocenters. The van der Waals surface area contributed by atoms with Crippen LogP contribution >= 0.6 is 15.9 Å². The average Bonchev–Trinajstić information content (AvgIpc) is 2.40. The number of pyridine rings is 1. The molecule has 0 bridgehead atoms. The van der Waals surface area contributed by atoms with Crippen molar-refractivity contribution in [3.63, 3.8) is 0 Å². The number of carbonyl (C=O) groups excluding carboxylic acids is 1. The lowest BCUT2D eigenvalue weighted by molar-refractivity contribution is -0.116. The largest absolute Gasteiger partial charge is 0.381 e. The summed E-state index contributed by atoms with van der Waals surface area (Å²) in [6.07, 6.45) is 5.32. The van der Waals surface area contributed by atoms with Crippen LogP contribution in [0.4, 0.5) is 5.82 Å². The zero-order chi connectivity index (χ0) is 12.8. The Balaban J connectivity index is 1.73. The molecule has 1 fully saturated rings. The predicted molar refractivity (Wildman–Crippen MR) is 73.3 cm³/mol. The Bertz CT molecular complexity index is 388. The molecular formula is C13H17BrN2O2. The molecule has 0 atom stereocenters. The highest BCUT2D eigenvalue weighted by Crippen LogP contribution is 2.20. The van der Waals surface area contributed by atoms with Gasteiger partial charge in [0.2, 0.25) is 5.91 Å². The SMILES string of the molecule is O=C(CCC1CCOCC1)Nc1ccc(Br)cn1. The van der Waals surface area contributed by atoms with Gasteiger partial charge in [-0.15, -0.1) is 0 Å². The Morgan fingerprint density at radius 3 is 2.89 bits per heavy atom. The van der Waals surface area contributed by atoms with Crippen LogP contribution in [0, 0.1) is 5.92 Å². The second kappa shape index (κ2) is 6.85. The monoisotopic (exact) mass is 312 g/mol. The first-order chi connectivity index (χ1) is 8.74. The van der Waals surface area contributed by atoms with Gasteiger partial charge in [0.15, 0.2) is 0 Å². The molecule has 0 spiro atoms. The number of hydrogen-bond donors (Lipinski definition) is 1. The highest BCUT2D eigenvalue weighted by Gasteiger charge is 2.15. The molecule has 0 radical (unpaired) electrons. The Labute approximate surface area is 115 Å². The van der Waals surface area contributed by atoms with Gasteiger partial charge in [-0.05, 0) is 53.2 Å². The molecule has 5 heteroatoms. The third kappa shape index (κ3) is 4.38. The fourth-order valence-corrected chi connectivity index (χ4v) is 2.26. The first-order valence-electron chi connectivity index (χ1n) is 6.23. The van der Waals surface area contributed by atoms with Crippen molar-refractivity contribution in [3.05, 3.63) is 22.8 Å². The molecule has 1 aliphatic heterocycles. The van der Waals surface area contributed by atoms with E-state index in [2.05, 4.69) is 26.2 Å². The Kier molecular flexibility index (Phi) is 5.13. The van der Waals surface area contributed by atoms with Crippen LogP contribution in [0.1, 0.15) is 25.7 Å². The van der Waals surface area contributed by atoms with E-state index in [-0.39, 0.29) is 5.91 Å². The normalized spacial score (nSPS) is 16.5. The van der Waals surface area contributed by atoms with Gasteiger partial charge >= 0.3 is 0 Å². The third-order valence-electron chi connectivity index (χ3n) is 3.12. The Morgan fingerprint density at radius 2 is 2.22 bits per heavy atom. The number of carbonyl (C=O) groups is 1. The van der Waals surface area contributed by atoms with E-state index in [0.717, 1.165) is 36.9 Å². The maximum Gasteiger partial charge on any atom is 0.225 e. The first kappa shape index (κ1) is 13.5. The maximum atomic E-state index is 11.7. The summed E-state index contributed by atoms with van der Waals surface area (Å²) in [6, 6.07) is 3.65. The molecule has 1 aliphatic rings. The molecule has 4 nitrogen and oxygen atoms in total. The fourth-order valence-electron chi connectivity index (χ4n) is 2.03. The van der Waals surface area contributed by atoms with Gasteiger partial charge in [0.1, 0.15) is 5.82 Å². The minimum atomic E-state index is 0.0383. The highest BCUT2D eigenvalue weighted by molar-refractivity contribution is 9.10. The van der Waals surface area contributed by atoms with Crippen LogP contribution in [-0.2, 0) is 9.53 Å². The molecule has 0 aromatic carbocycles. The van der Waals surface area contributed by atoms with Crippen molar-refractivity contribution in [2.45, 2.75) is 25.7 Å². The van der Waals surface area contributed by atoms with Crippen molar-refractivity contribution in [3.8, 4) is 0 Å². The number of amides is 1. The molecule has 1 amide bonds. The van der Waals surface area contributed by atoms with Crippen molar-refractivity contribution in [1.82, 2.24) is 4.98 Å². The van der Waals surface area contributed by atoms with Gasteiger partial charge in [0.25, 0.3) is 0 Å². The fraction of sp³-hybridized carbons (Fsp3) is 0.538. The lowest BCUT2D eigenvalue weighted by Gasteiger charge is -2.21. The van der Waals surface area contributed by atoms with E-state index >= 15 is 0 Å². The zero-order valence-corrected chi connectivity index (χ0v) is 11.8. The maximum absolute atomic E-state index is 11.7. The van der Waals surface area contributed by atoms with E-state index < -0.39 is 0 Å². The lowest BCUT2D eigenvalue weighted by Crippen LogP contribution is -2.19. The van der Waals surface area contributed by atoms with E-state index in [4.69, 9.17) is 4.74 Å². The summed E-state index contributed by atoms with van der Waals surface area (Å²) in [5.41, 5.74) is 0. The number of nitrogens with zero attached hydrogens (tertiary/aromatic N) is 1. The minimum absolute atomic E-state index is 0.0383. The van der Waals surface area contributed by atoms with Gasteiger partial charge in [0.05, 0.1) is 0 Å². The summed E-state index contributed by atoms with van der Waals surface area (Å²) in [7, 11) is 0. The van der Waals surface area contributed by atoms with Crippen molar-refractivity contribution < 1.29 is 9.53 Å². The van der Waals surface area contributed by atoms with E-state index in [1.54, 1.807) is 12.3 Å². The van der Waals surface area contributed by atoms with Crippen molar-refractivity contribution in [1.29, 1.82) is 0 Å². The van der Waals surface area contributed by atoms with Gasteiger partial charge in [-0.3, -0.25) is 4.79 Å². The molecule has 0 saturated carbocycles. The topological polar surface area (TPSA) is 51.2 Å². The number of rotatable bonds is 4. The van der Waals surface area contributed by atoms with E-state index in [0.29, 0.717) is 18.2 Å². The molecule has 98 valence electrons. The molecule has 1 aromatic heterocycles. The minimum Gasteiger partial charge on any atom is -0.381 e. The van der Waals surface area contributed by atoms with E-state index in [1.165, 1.54) is 0 Å². The number of anilines is 1. The van der Waals surface area contributed by atoms with Crippen LogP contribution in [-0.4, -0.2) is 24.1 Å². The summed E-state index contributed by atoms with van der Waals surface area (Å²) >= 11 is 3.31. The smallest absolute Gasteiger partial charge is 0.225 e. The van der Waals surface area contributed by atoms with E-state index in [9.17, 15) is 4.79 Å². The average molecular weight is 313 g/mol. The number of nitrogens with one attached hydrogen (secondary N) is 1. The van der Waals surface area contributed by atoms with Crippen LogP contribution in [0.5, 0.6) is 0 Å². The summed E-state index contributed by atoms with van der Waals surface area (Å²) in [5.74, 6) is 1.27. The first-order valence-corrected chi connectivity index (χ1v) is 7.02. The molecule has 1 N–H and O–H groups in total. The number of hydrogen-bond acceptors (Lipinski definition) is 3.